The van der Waals surface area contributed by atoms with Gasteiger partial charge in [0, 0.05) is 44.7 Å². The van der Waals surface area contributed by atoms with E-state index in [9.17, 15) is 43.2 Å². The maximum atomic E-state index is 12.6. The zero-order valence-electron chi connectivity index (χ0n) is 28.2. The molecule has 18 heteroatoms. The Balaban J connectivity index is 2.34. The highest BCUT2D eigenvalue weighted by atomic mass is 16.5. The largest absolute Gasteiger partial charge is 0.481 e. The number of carboxylic acid groups (broad SMARTS) is 1. The number of nitrogens with zero attached hydrogens (tertiary/aromatic N) is 1. The Kier molecular flexibility index (Phi) is 19.8. The molecule has 7 N–H and O–H groups in total. The number of likely N-dealkylation sites (N-methyl/N-ethyl adjacent to an activating group) is 1. The van der Waals surface area contributed by atoms with Crippen LogP contribution < -0.4 is 31.9 Å². The summed E-state index contributed by atoms with van der Waals surface area (Å²) in [7, 11) is 1.51. The van der Waals surface area contributed by atoms with E-state index in [1.54, 1.807) is 24.3 Å². The second kappa shape index (κ2) is 23.5. The van der Waals surface area contributed by atoms with Crippen molar-refractivity contribution in [3.63, 3.8) is 0 Å². The highest BCUT2D eigenvalue weighted by Gasteiger charge is 2.22. The predicted molar refractivity (Wildman–Crippen MR) is 178 cm³/mol. The van der Waals surface area contributed by atoms with E-state index in [2.05, 4.69) is 31.9 Å². The number of nitrogens with one attached hydrogen (secondary N) is 6. The number of carbonyl (C=O) groups is 9. The first kappa shape index (κ1) is 42.2. The number of amides is 7. The Morgan fingerprint density at radius 1 is 0.840 bits per heavy atom. The SMILES string of the molecule is CC(C)CC(NC(=O)CCCC(=O)O)C(=O)NCC(=O)NCC(=O)NCC(=O)Nc1ccc(COC(=O)NCCN(C)C(=O)/C=C\C=O)cc1. The summed E-state index contributed by atoms with van der Waals surface area (Å²) in [5.74, 6) is -4.38. The summed E-state index contributed by atoms with van der Waals surface area (Å²) in [6.45, 7) is 2.62. The molecule has 0 aliphatic rings. The first-order valence-corrected chi connectivity index (χ1v) is 15.7. The molecule has 1 aromatic rings. The van der Waals surface area contributed by atoms with Gasteiger partial charge in [-0.1, -0.05) is 26.0 Å². The van der Waals surface area contributed by atoms with Crippen LogP contribution in [0.3, 0.4) is 0 Å². The van der Waals surface area contributed by atoms with Crippen LogP contribution >= 0.6 is 0 Å². The van der Waals surface area contributed by atoms with Crippen molar-refractivity contribution < 1.29 is 53.0 Å². The molecular formula is C32H45N7O11. The minimum atomic E-state index is -1.03. The normalized spacial score (nSPS) is 11.1. The van der Waals surface area contributed by atoms with E-state index in [0.29, 0.717) is 17.5 Å². The van der Waals surface area contributed by atoms with Crippen molar-refractivity contribution >= 4 is 59.5 Å². The molecule has 0 aromatic heterocycles. The molecule has 7 amide bonds. The third kappa shape index (κ3) is 19.8. The second-order valence-electron chi connectivity index (χ2n) is 11.3. The van der Waals surface area contributed by atoms with Gasteiger partial charge in [0.1, 0.15) is 18.9 Å². The lowest BCUT2D eigenvalue weighted by Crippen LogP contribution is -2.50. The Morgan fingerprint density at radius 2 is 1.46 bits per heavy atom. The molecule has 1 unspecified atom stereocenters. The van der Waals surface area contributed by atoms with Crippen molar-refractivity contribution in [2.45, 2.75) is 52.2 Å². The summed E-state index contributed by atoms with van der Waals surface area (Å²) in [5.41, 5.74) is 1.03. The lowest BCUT2D eigenvalue weighted by molar-refractivity contribution is -0.137. The Morgan fingerprint density at radius 3 is 2.06 bits per heavy atom. The van der Waals surface area contributed by atoms with Gasteiger partial charge < -0.3 is 46.6 Å². The summed E-state index contributed by atoms with van der Waals surface area (Å²) in [5, 5.41) is 23.4. The number of hydrogen-bond acceptors (Lipinski definition) is 10. The molecule has 1 rings (SSSR count). The number of allylic oxidation sites excluding steroid dienone is 1. The number of hydrogen-bond donors (Lipinski definition) is 7. The van der Waals surface area contributed by atoms with E-state index >= 15 is 0 Å². The molecule has 0 saturated carbocycles. The summed E-state index contributed by atoms with van der Waals surface area (Å²) in [4.78, 5) is 107. The number of ether oxygens (including phenoxy) is 1. The molecule has 0 bridgehead atoms. The standard InChI is InChI=1S/C32H45N7O11/c1-21(2)16-24(38-25(41)6-4-8-30(46)47)31(48)36-18-27(43)34-17-26(42)35-19-28(44)37-23-11-9-22(10-12-23)20-50-32(49)33-13-14-39(3)29(45)7-5-15-40/h5,7,9-12,15,21,24H,4,6,8,13-14,16-20H2,1-3H3,(H,33,49)(H,34,43)(H,35,42)(H,36,48)(H,37,44)(H,38,41)(H,46,47)/b7-5-. The molecule has 0 fully saturated rings. The summed E-state index contributed by atoms with van der Waals surface area (Å²) in [6.07, 6.45) is 2.12. The first-order valence-electron chi connectivity index (χ1n) is 15.7. The van der Waals surface area contributed by atoms with E-state index < -0.39 is 73.2 Å². The molecule has 0 heterocycles. The molecule has 0 saturated heterocycles. The molecule has 1 aromatic carbocycles. The van der Waals surface area contributed by atoms with Crippen molar-refractivity contribution in [1.29, 1.82) is 0 Å². The minimum absolute atomic E-state index is 0.0315. The zero-order valence-corrected chi connectivity index (χ0v) is 28.2. The number of rotatable bonds is 22. The molecule has 0 radical (unpaired) electrons. The summed E-state index contributed by atoms with van der Waals surface area (Å²) < 4.78 is 5.11. The van der Waals surface area contributed by atoms with Crippen LogP contribution in [0.5, 0.6) is 0 Å². The van der Waals surface area contributed by atoms with Crippen molar-refractivity contribution in [2.75, 3.05) is 45.1 Å². The van der Waals surface area contributed by atoms with Gasteiger partial charge in [-0.3, -0.25) is 38.4 Å². The van der Waals surface area contributed by atoms with Crippen LogP contribution in [0.2, 0.25) is 0 Å². The summed E-state index contributed by atoms with van der Waals surface area (Å²) >= 11 is 0. The molecule has 18 nitrogen and oxygen atoms in total. The van der Waals surface area contributed by atoms with E-state index in [0.717, 1.165) is 12.2 Å². The van der Waals surface area contributed by atoms with Gasteiger partial charge in [0.2, 0.25) is 35.4 Å². The number of anilines is 1. The van der Waals surface area contributed by atoms with Gasteiger partial charge in [0.05, 0.1) is 19.6 Å². The molecule has 0 spiro atoms. The fourth-order valence-corrected chi connectivity index (χ4v) is 3.92. The van der Waals surface area contributed by atoms with Crippen molar-refractivity contribution in [1.82, 2.24) is 31.5 Å². The lowest BCUT2D eigenvalue weighted by Gasteiger charge is -2.20. The van der Waals surface area contributed by atoms with Gasteiger partial charge in [-0.05, 0) is 42.5 Å². The Hall–Kier alpha value is -5.81. The topological polar surface area (TPSA) is 259 Å². The number of carboxylic acids is 1. The fourth-order valence-electron chi connectivity index (χ4n) is 3.92. The lowest BCUT2D eigenvalue weighted by atomic mass is 10.0. The first-order chi connectivity index (χ1) is 23.7. The third-order valence-electron chi connectivity index (χ3n) is 6.49. The van der Waals surface area contributed by atoms with E-state index in [1.807, 2.05) is 13.8 Å². The average molecular weight is 704 g/mol. The monoisotopic (exact) mass is 703 g/mol. The van der Waals surface area contributed by atoms with Gasteiger partial charge in [-0.2, -0.15) is 0 Å². The number of alkyl carbamates (subject to hydrolysis) is 1. The van der Waals surface area contributed by atoms with Crippen LogP contribution in [0.1, 0.15) is 45.1 Å². The van der Waals surface area contributed by atoms with Gasteiger partial charge in [0.15, 0.2) is 0 Å². The zero-order chi connectivity index (χ0) is 37.5. The summed E-state index contributed by atoms with van der Waals surface area (Å²) in [6, 6.07) is 5.43. The van der Waals surface area contributed by atoms with Crippen molar-refractivity contribution in [3.05, 3.63) is 42.0 Å². The van der Waals surface area contributed by atoms with Gasteiger partial charge in [0.25, 0.3) is 0 Å². The Labute approximate surface area is 289 Å². The van der Waals surface area contributed by atoms with Gasteiger partial charge >= 0.3 is 12.1 Å². The van der Waals surface area contributed by atoms with Crippen LogP contribution in [0, 0.1) is 5.92 Å². The van der Waals surface area contributed by atoms with E-state index in [-0.39, 0.29) is 51.3 Å². The maximum Gasteiger partial charge on any atom is 0.407 e. The highest BCUT2D eigenvalue weighted by molar-refractivity contribution is 5.96. The quantitative estimate of drug-likeness (QED) is 0.0581. The van der Waals surface area contributed by atoms with Gasteiger partial charge in [-0.15, -0.1) is 0 Å². The van der Waals surface area contributed by atoms with Crippen molar-refractivity contribution in [2.24, 2.45) is 5.92 Å². The molecule has 1 atom stereocenters. The van der Waals surface area contributed by atoms with Crippen LogP contribution in [-0.4, -0.2) is 110 Å². The van der Waals surface area contributed by atoms with Crippen LogP contribution in [0.4, 0.5) is 10.5 Å². The van der Waals surface area contributed by atoms with Crippen LogP contribution in [0.15, 0.2) is 36.4 Å². The number of aliphatic carboxylic acids is 1. The maximum absolute atomic E-state index is 12.6. The number of aldehydes is 1. The van der Waals surface area contributed by atoms with Gasteiger partial charge in [-0.25, -0.2) is 4.79 Å². The molecule has 50 heavy (non-hydrogen) atoms. The average Bonchev–Trinajstić information content (AvgIpc) is 3.06. The molecular weight excluding hydrogens is 658 g/mol. The predicted octanol–water partition coefficient (Wildman–Crippen LogP) is -0.801. The smallest absolute Gasteiger partial charge is 0.407 e. The fraction of sp³-hybridized carbons (Fsp3) is 0.469. The number of benzene rings is 1. The Bertz CT molecular complexity index is 1380. The second-order valence-corrected chi connectivity index (χ2v) is 11.3. The van der Waals surface area contributed by atoms with E-state index in [4.69, 9.17) is 9.84 Å². The molecule has 0 aliphatic carbocycles. The minimum Gasteiger partial charge on any atom is -0.481 e. The van der Waals surface area contributed by atoms with E-state index in [1.165, 1.54) is 11.9 Å². The van der Waals surface area contributed by atoms with Crippen LogP contribution in [0.25, 0.3) is 0 Å². The molecule has 0 aliphatic heterocycles. The number of carbonyl (C=O) groups excluding carboxylic acids is 8. The molecule has 274 valence electrons. The highest BCUT2D eigenvalue weighted by Crippen LogP contribution is 2.10. The van der Waals surface area contributed by atoms with Crippen LogP contribution in [-0.2, 0) is 49.7 Å². The third-order valence-corrected chi connectivity index (χ3v) is 6.49. The van der Waals surface area contributed by atoms with Crippen molar-refractivity contribution in [3.8, 4) is 0 Å².